The minimum Gasteiger partial charge on any atom is -0.368 e. The maximum absolute atomic E-state index is 14.1. The Morgan fingerprint density at radius 1 is 0.750 bits per heavy atom. The van der Waals surface area contributed by atoms with Crippen LogP contribution in [-0.4, -0.2) is 37.2 Å². The van der Waals surface area contributed by atoms with Crippen LogP contribution in [0, 0.1) is 36.0 Å². The molecule has 1 heterocycles. The highest BCUT2D eigenvalue weighted by Gasteiger charge is 2.30. The van der Waals surface area contributed by atoms with Crippen molar-refractivity contribution in [2.45, 2.75) is 6.92 Å². The van der Waals surface area contributed by atoms with Crippen molar-refractivity contribution in [2.75, 3.05) is 41.3 Å². The fourth-order valence-corrected chi connectivity index (χ4v) is 4.07. The van der Waals surface area contributed by atoms with Gasteiger partial charge in [0.05, 0.1) is 0 Å². The second-order valence-electron chi connectivity index (χ2n) is 8.21. The van der Waals surface area contributed by atoms with Gasteiger partial charge in [0.2, 0.25) is 5.82 Å². The molecule has 3 aromatic rings. The topological polar surface area (TPSA) is 47.6 Å². The van der Waals surface area contributed by atoms with Crippen molar-refractivity contribution < 1.29 is 26.7 Å². The van der Waals surface area contributed by atoms with Gasteiger partial charge in [0.1, 0.15) is 5.69 Å². The fraction of sp³-hybridized carbons (Fsp3) is 0.200. The van der Waals surface area contributed by atoms with Gasteiger partial charge in [-0.15, -0.1) is 0 Å². The number of hydrogen-bond acceptors (Lipinski definition) is 4. The summed E-state index contributed by atoms with van der Waals surface area (Å²) in [6.45, 7) is 2.65. The van der Waals surface area contributed by atoms with Gasteiger partial charge < -0.3 is 15.1 Å². The van der Waals surface area contributed by atoms with Crippen LogP contribution in [0.15, 0.2) is 48.5 Å². The number of aryl methyl sites for hydroxylation is 1. The van der Waals surface area contributed by atoms with E-state index in [9.17, 15) is 26.7 Å². The largest absolute Gasteiger partial charge is 0.368 e. The van der Waals surface area contributed by atoms with E-state index < -0.39 is 34.8 Å². The Labute approximate surface area is 209 Å². The van der Waals surface area contributed by atoms with Gasteiger partial charge in [-0.3, -0.25) is 10.1 Å². The Bertz CT molecular complexity index is 1260. The number of amides is 1. The van der Waals surface area contributed by atoms with Crippen LogP contribution in [-0.2, 0) is 0 Å². The van der Waals surface area contributed by atoms with Gasteiger partial charge in [-0.25, -0.2) is 22.0 Å². The molecule has 0 atom stereocenters. The van der Waals surface area contributed by atoms with Gasteiger partial charge in [-0.1, -0.05) is 17.7 Å². The molecule has 1 fully saturated rings. The van der Waals surface area contributed by atoms with E-state index in [1.165, 1.54) is 0 Å². The second kappa shape index (κ2) is 10.5. The summed E-state index contributed by atoms with van der Waals surface area (Å²) in [7, 11) is 0. The number of nitrogens with zero attached hydrogens (tertiary/aromatic N) is 2. The van der Waals surface area contributed by atoms with Crippen molar-refractivity contribution in [2.24, 2.45) is 0 Å². The molecule has 36 heavy (non-hydrogen) atoms. The number of anilines is 3. The van der Waals surface area contributed by atoms with Crippen molar-refractivity contribution in [3.05, 3.63) is 88.7 Å². The highest BCUT2D eigenvalue weighted by atomic mass is 32.1. The first-order valence-electron chi connectivity index (χ1n) is 11.0. The molecule has 0 unspecified atom stereocenters. The Hall–Kier alpha value is -3.73. The van der Waals surface area contributed by atoms with E-state index in [0.29, 0.717) is 24.3 Å². The summed E-state index contributed by atoms with van der Waals surface area (Å²) in [5.74, 6) is -10.1. The average molecular weight is 521 g/mol. The highest BCUT2D eigenvalue weighted by molar-refractivity contribution is 7.80. The van der Waals surface area contributed by atoms with E-state index in [-0.39, 0.29) is 24.1 Å². The zero-order chi connectivity index (χ0) is 26.0. The molecule has 5 nitrogen and oxygen atoms in total. The van der Waals surface area contributed by atoms with Crippen LogP contribution >= 0.6 is 12.2 Å². The first-order chi connectivity index (χ1) is 17.2. The molecular weight excluding hydrogens is 499 g/mol. The van der Waals surface area contributed by atoms with Crippen molar-refractivity contribution in [1.82, 2.24) is 5.32 Å². The van der Waals surface area contributed by atoms with Crippen molar-refractivity contribution >= 4 is 40.3 Å². The van der Waals surface area contributed by atoms with Crippen LogP contribution in [0.5, 0.6) is 0 Å². The number of carbonyl (C=O) groups is 1. The SMILES string of the molecule is Cc1ccc(C(=O)NC(=S)Nc2ccc(N3CCN(c4c(F)c(F)c(F)c(F)c4F)CC3)cc2)cc1. The highest BCUT2D eigenvalue weighted by Crippen LogP contribution is 2.31. The number of benzene rings is 3. The molecule has 1 aliphatic heterocycles. The maximum Gasteiger partial charge on any atom is 0.257 e. The zero-order valence-electron chi connectivity index (χ0n) is 19.0. The first kappa shape index (κ1) is 25.4. The summed E-state index contributed by atoms with van der Waals surface area (Å²) in [6, 6.07) is 14.1. The number of rotatable bonds is 4. The van der Waals surface area contributed by atoms with E-state index in [4.69, 9.17) is 12.2 Å². The van der Waals surface area contributed by atoms with Crippen LogP contribution in [0.4, 0.5) is 39.0 Å². The predicted molar refractivity (Wildman–Crippen MR) is 132 cm³/mol. The summed E-state index contributed by atoms with van der Waals surface area (Å²) >= 11 is 5.21. The molecule has 0 spiro atoms. The number of carbonyl (C=O) groups excluding carboxylic acids is 1. The van der Waals surface area contributed by atoms with Gasteiger partial charge in [-0.05, 0) is 55.5 Å². The molecule has 188 valence electrons. The van der Waals surface area contributed by atoms with Crippen molar-refractivity contribution in [1.29, 1.82) is 0 Å². The number of halogens is 5. The average Bonchev–Trinajstić information content (AvgIpc) is 2.87. The fourth-order valence-electron chi connectivity index (χ4n) is 3.86. The minimum absolute atomic E-state index is 0.0630. The molecule has 1 saturated heterocycles. The third kappa shape index (κ3) is 5.25. The van der Waals surface area contributed by atoms with Crippen LogP contribution in [0.1, 0.15) is 15.9 Å². The maximum atomic E-state index is 14.1. The Balaban J connectivity index is 1.34. The van der Waals surface area contributed by atoms with Crippen LogP contribution in [0.2, 0.25) is 0 Å². The molecule has 0 saturated carbocycles. The van der Waals surface area contributed by atoms with Crippen LogP contribution < -0.4 is 20.4 Å². The smallest absolute Gasteiger partial charge is 0.257 e. The van der Waals surface area contributed by atoms with Gasteiger partial charge >= 0.3 is 0 Å². The molecule has 0 radical (unpaired) electrons. The molecule has 0 aliphatic carbocycles. The lowest BCUT2D eigenvalue weighted by Gasteiger charge is -2.37. The lowest BCUT2D eigenvalue weighted by atomic mass is 10.1. The summed E-state index contributed by atoms with van der Waals surface area (Å²) in [4.78, 5) is 15.4. The molecule has 1 aliphatic rings. The summed E-state index contributed by atoms with van der Waals surface area (Å²) in [5, 5.41) is 5.67. The lowest BCUT2D eigenvalue weighted by Crippen LogP contribution is -2.47. The molecule has 1 amide bonds. The van der Waals surface area contributed by atoms with Crippen LogP contribution in [0.25, 0.3) is 0 Å². The van der Waals surface area contributed by atoms with Crippen LogP contribution in [0.3, 0.4) is 0 Å². The monoisotopic (exact) mass is 520 g/mol. The zero-order valence-corrected chi connectivity index (χ0v) is 19.9. The minimum atomic E-state index is -2.17. The summed E-state index contributed by atoms with van der Waals surface area (Å²) in [6.07, 6.45) is 0. The van der Waals surface area contributed by atoms with E-state index in [1.54, 1.807) is 36.4 Å². The predicted octanol–water partition coefficient (Wildman–Crippen LogP) is 5.14. The first-order valence-corrected chi connectivity index (χ1v) is 11.4. The Kier molecular flexibility index (Phi) is 7.39. The molecule has 3 aromatic carbocycles. The van der Waals surface area contributed by atoms with Crippen molar-refractivity contribution in [3.8, 4) is 0 Å². The van der Waals surface area contributed by atoms with Gasteiger partial charge in [0.15, 0.2) is 28.4 Å². The van der Waals surface area contributed by atoms with Gasteiger partial charge in [0, 0.05) is 43.1 Å². The summed E-state index contributed by atoms with van der Waals surface area (Å²) < 4.78 is 68.7. The molecule has 0 aromatic heterocycles. The Morgan fingerprint density at radius 2 is 1.25 bits per heavy atom. The number of nitrogens with one attached hydrogen (secondary N) is 2. The van der Waals surface area contributed by atoms with E-state index in [0.717, 1.165) is 16.2 Å². The van der Waals surface area contributed by atoms with Gasteiger partial charge in [-0.2, -0.15) is 0 Å². The third-order valence-corrected chi connectivity index (χ3v) is 6.02. The molecular formula is C25H21F5N4OS. The third-order valence-electron chi connectivity index (χ3n) is 5.81. The van der Waals surface area contributed by atoms with E-state index in [1.807, 2.05) is 24.0 Å². The Morgan fingerprint density at radius 3 is 1.81 bits per heavy atom. The number of hydrogen-bond donors (Lipinski definition) is 2. The van der Waals surface area contributed by atoms with Crippen molar-refractivity contribution in [3.63, 3.8) is 0 Å². The standard InChI is InChI=1S/C25H21F5N4OS/c1-14-2-4-15(5-3-14)24(35)32-25(36)31-16-6-8-17(9-7-16)33-10-12-34(13-11-33)23-21(29)19(27)18(26)20(28)22(23)30/h2-9H,10-13H2,1H3,(H2,31,32,35,36). The number of thiocarbonyl (C=S) groups is 1. The lowest BCUT2D eigenvalue weighted by molar-refractivity contribution is 0.0977. The van der Waals surface area contributed by atoms with E-state index in [2.05, 4.69) is 10.6 Å². The normalized spacial score (nSPS) is 13.5. The molecule has 4 rings (SSSR count). The number of piperazine rings is 1. The second-order valence-corrected chi connectivity index (χ2v) is 8.62. The molecule has 0 bridgehead atoms. The van der Waals surface area contributed by atoms with E-state index >= 15 is 0 Å². The quantitative estimate of drug-likeness (QED) is 0.216. The molecule has 2 N–H and O–H groups in total. The van der Waals surface area contributed by atoms with Gasteiger partial charge in [0.25, 0.3) is 5.91 Å². The summed E-state index contributed by atoms with van der Waals surface area (Å²) in [5.41, 5.74) is 2.03. The molecule has 11 heteroatoms.